The molecular weight excluding hydrogens is 294 g/mol. The third-order valence-electron chi connectivity index (χ3n) is 3.60. The van der Waals surface area contributed by atoms with Gasteiger partial charge in [0.05, 0.1) is 6.26 Å². The molecule has 1 atom stereocenters. The number of nitrogens with one attached hydrogen (secondary N) is 1. The monoisotopic (exact) mass is 313 g/mol. The molecule has 0 spiro atoms. The predicted octanol–water partition coefficient (Wildman–Crippen LogP) is 2.29. The van der Waals surface area contributed by atoms with E-state index < -0.39 is 21.5 Å². The summed E-state index contributed by atoms with van der Waals surface area (Å²) in [6, 6.07) is 1.28. The second-order valence-electron chi connectivity index (χ2n) is 5.49. The van der Waals surface area contributed by atoms with Crippen LogP contribution in [0.2, 0.25) is 0 Å². The minimum atomic E-state index is -3.92. The van der Waals surface area contributed by atoms with Crippen molar-refractivity contribution >= 4 is 16.0 Å². The van der Waals surface area contributed by atoms with E-state index in [2.05, 4.69) is 4.72 Å². The maximum absolute atomic E-state index is 12.2. The zero-order valence-corrected chi connectivity index (χ0v) is 12.6. The lowest BCUT2D eigenvalue weighted by molar-refractivity contribution is -0.143. The summed E-state index contributed by atoms with van der Waals surface area (Å²) in [4.78, 5) is 11.5. The molecule has 0 aromatic carbocycles. The van der Waals surface area contributed by atoms with E-state index in [1.807, 2.05) is 6.08 Å². The second-order valence-corrected chi connectivity index (χ2v) is 7.17. The van der Waals surface area contributed by atoms with E-state index >= 15 is 0 Å². The van der Waals surface area contributed by atoms with Gasteiger partial charge >= 0.3 is 5.97 Å². The topological polar surface area (TPSA) is 96.6 Å². The van der Waals surface area contributed by atoms with Crippen molar-refractivity contribution in [1.82, 2.24) is 4.72 Å². The summed E-state index contributed by atoms with van der Waals surface area (Å²) in [5.41, 5.74) is -0.583. The first-order valence-electron chi connectivity index (χ1n) is 6.81. The number of rotatable bonds is 6. The lowest BCUT2D eigenvalue weighted by Gasteiger charge is -2.28. The molecule has 6 nitrogen and oxygen atoms in total. The minimum Gasteiger partial charge on any atom is -0.480 e. The fourth-order valence-corrected chi connectivity index (χ4v) is 3.72. The quantitative estimate of drug-likeness (QED) is 0.785. The van der Waals surface area contributed by atoms with Crippen LogP contribution < -0.4 is 4.72 Å². The molecular formula is C14H19NO5S. The molecule has 7 heteroatoms. The van der Waals surface area contributed by atoms with Crippen molar-refractivity contribution in [3.05, 3.63) is 30.2 Å². The van der Waals surface area contributed by atoms with Crippen molar-refractivity contribution in [3.63, 3.8) is 0 Å². The smallest absolute Gasteiger partial charge is 0.324 e. The van der Waals surface area contributed by atoms with Crippen LogP contribution in [0.15, 0.2) is 39.6 Å². The summed E-state index contributed by atoms with van der Waals surface area (Å²) in [7, 11) is -3.92. The van der Waals surface area contributed by atoms with E-state index in [1.54, 1.807) is 0 Å². The Balaban J connectivity index is 2.22. The lowest BCUT2D eigenvalue weighted by atomic mass is 9.88. The molecule has 1 heterocycles. The molecule has 2 N–H and O–H groups in total. The Labute approximate surface area is 123 Å². The standard InChI is InChI=1S/C14H19NO5S/c1-14(13(16)17,9-11-5-3-2-4-6-11)15-21(18,19)12-7-8-20-10-12/h5,7-8,10,15H,2-4,6,9H2,1H3,(H,16,17). The number of hydrogen-bond acceptors (Lipinski definition) is 4. The van der Waals surface area contributed by atoms with Crippen LogP contribution in [0.4, 0.5) is 0 Å². The Morgan fingerprint density at radius 3 is 2.76 bits per heavy atom. The average molecular weight is 313 g/mol. The van der Waals surface area contributed by atoms with Gasteiger partial charge in [-0.2, -0.15) is 4.72 Å². The highest BCUT2D eigenvalue weighted by molar-refractivity contribution is 7.89. The maximum atomic E-state index is 12.2. The number of hydrogen-bond donors (Lipinski definition) is 2. The van der Waals surface area contributed by atoms with E-state index in [4.69, 9.17) is 4.42 Å². The molecule has 1 aromatic rings. The number of carbonyl (C=O) groups is 1. The highest BCUT2D eigenvalue weighted by Gasteiger charge is 2.39. The summed E-state index contributed by atoms with van der Waals surface area (Å²) in [5.74, 6) is -1.19. The third-order valence-corrected chi connectivity index (χ3v) is 5.17. The highest BCUT2D eigenvalue weighted by atomic mass is 32.2. The molecule has 2 rings (SSSR count). The average Bonchev–Trinajstić information content (AvgIpc) is 2.93. The lowest BCUT2D eigenvalue weighted by Crippen LogP contribution is -2.52. The van der Waals surface area contributed by atoms with Crippen LogP contribution in [-0.4, -0.2) is 25.0 Å². The van der Waals surface area contributed by atoms with Crippen molar-refractivity contribution in [2.45, 2.75) is 49.5 Å². The molecule has 1 unspecified atom stereocenters. The van der Waals surface area contributed by atoms with E-state index in [0.29, 0.717) is 0 Å². The van der Waals surface area contributed by atoms with Crippen molar-refractivity contribution < 1.29 is 22.7 Å². The summed E-state index contributed by atoms with van der Waals surface area (Å²) in [6.45, 7) is 1.39. The predicted molar refractivity (Wildman–Crippen MR) is 76.2 cm³/mol. The molecule has 1 aliphatic rings. The van der Waals surface area contributed by atoms with Gasteiger partial charge in [-0.15, -0.1) is 0 Å². The molecule has 0 bridgehead atoms. The highest BCUT2D eigenvalue weighted by Crippen LogP contribution is 2.27. The summed E-state index contributed by atoms with van der Waals surface area (Å²) in [5, 5.41) is 9.45. The van der Waals surface area contributed by atoms with Crippen molar-refractivity contribution in [2.24, 2.45) is 0 Å². The van der Waals surface area contributed by atoms with Crippen LogP contribution in [0.1, 0.15) is 39.0 Å². The van der Waals surface area contributed by atoms with Crippen LogP contribution in [0.5, 0.6) is 0 Å². The van der Waals surface area contributed by atoms with Gasteiger partial charge < -0.3 is 9.52 Å². The van der Waals surface area contributed by atoms with Gasteiger partial charge in [0.1, 0.15) is 16.7 Å². The zero-order chi connectivity index (χ0) is 15.5. The summed E-state index contributed by atoms with van der Waals surface area (Å²) < 4.78 is 31.4. The Morgan fingerprint density at radius 1 is 1.48 bits per heavy atom. The molecule has 0 amide bonds. The van der Waals surface area contributed by atoms with Crippen LogP contribution in [0.25, 0.3) is 0 Å². The maximum Gasteiger partial charge on any atom is 0.324 e. The van der Waals surface area contributed by atoms with Crippen LogP contribution in [0, 0.1) is 0 Å². The molecule has 1 aliphatic carbocycles. The van der Waals surface area contributed by atoms with Gasteiger partial charge in [0.15, 0.2) is 0 Å². The number of aliphatic carboxylic acids is 1. The molecule has 0 aliphatic heterocycles. The van der Waals surface area contributed by atoms with Gasteiger partial charge in [-0.1, -0.05) is 11.6 Å². The van der Waals surface area contributed by atoms with E-state index in [9.17, 15) is 18.3 Å². The van der Waals surface area contributed by atoms with Gasteiger partial charge in [0, 0.05) is 0 Å². The fourth-order valence-electron chi connectivity index (χ4n) is 2.44. The first kappa shape index (κ1) is 15.8. The van der Waals surface area contributed by atoms with Gasteiger partial charge in [0.25, 0.3) is 0 Å². The Morgan fingerprint density at radius 2 is 2.24 bits per heavy atom. The van der Waals surface area contributed by atoms with Gasteiger partial charge in [-0.05, 0) is 45.1 Å². The molecule has 0 saturated carbocycles. The number of allylic oxidation sites excluding steroid dienone is 1. The number of carboxylic acid groups (broad SMARTS) is 1. The Bertz CT molecular complexity index is 632. The van der Waals surface area contributed by atoms with E-state index in [1.165, 1.54) is 19.3 Å². The molecule has 116 valence electrons. The molecule has 0 saturated heterocycles. The summed E-state index contributed by atoms with van der Waals surface area (Å²) in [6.07, 6.45) is 8.32. The first-order chi connectivity index (χ1) is 9.83. The van der Waals surface area contributed by atoms with Crippen molar-refractivity contribution in [1.29, 1.82) is 0 Å². The van der Waals surface area contributed by atoms with Crippen LogP contribution in [-0.2, 0) is 14.8 Å². The zero-order valence-electron chi connectivity index (χ0n) is 11.8. The Hall–Kier alpha value is -1.60. The largest absolute Gasteiger partial charge is 0.480 e. The first-order valence-corrected chi connectivity index (χ1v) is 8.29. The van der Waals surface area contributed by atoms with Crippen molar-refractivity contribution in [2.75, 3.05) is 0 Å². The number of sulfonamides is 1. The van der Waals surface area contributed by atoms with Crippen molar-refractivity contribution in [3.8, 4) is 0 Å². The third kappa shape index (κ3) is 3.74. The second kappa shape index (κ2) is 6.03. The van der Waals surface area contributed by atoms with Crippen LogP contribution >= 0.6 is 0 Å². The van der Waals surface area contributed by atoms with Gasteiger partial charge in [-0.25, -0.2) is 8.42 Å². The molecule has 1 aromatic heterocycles. The summed E-state index contributed by atoms with van der Waals surface area (Å²) >= 11 is 0. The van der Waals surface area contributed by atoms with E-state index in [0.717, 1.165) is 37.5 Å². The SMILES string of the molecule is CC(CC1=CCCCC1)(NS(=O)(=O)c1ccoc1)C(=O)O. The minimum absolute atomic E-state index is 0.0763. The van der Waals surface area contributed by atoms with Gasteiger partial charge in [-0.3, -0.25) is 4.79 Å². The number of carboxylic acids is 1. The van der Waals surface area contributed by atoms with Crippen LogP contribution in [0.3, 0.4) is 0 Å². The molecule has 21 heavy (non-hydrogen) atoms. The molecule has 0 fully saturated rings. The normalized spacial score (nSPS) is 18.8. The fraction of sp³-hybridized carbons (Fsp3) is 0.500. The number of furan rings is 1. The van der Waals surface area contributed by atoms with Gasteiger partial charge in [0.2, 0.25) is 10.0 Å². The molecule has 0 radical (unpaired) electrons. The van der Waals surface area contributed by atoms with E-state index in [-0.39, 0.29) is 11.3 Å². The Kier molecular flexibility index (Phi) is 4.53.